The van der Waals surface area contributed by atoms with Gasteiger partial charge in [0.2, 0.25) is 0 Å². The first kappa shape index (κ1) is 12.7. The molecule has 0 radical (unpaired) electrons. The zero-order valence-electron chi connectivity index (χ0n) is 11.7. The second kappa shape index (κ2) is 5.36. The lowest BCUT2D eigenvalue weighted by atomic mass is 9.84. The Labute approximate surface area is 115 Å². The molecule has 0 saturated heterocycles. The van der Waals surface area contributed by atoms with E-state index in [2.05, 4.69) is 6.92 Å². The smallest absolute Gasteiger partial charge is 0.163 e. The van der Waals surface area contributed by atoms with Crippen molar-refractivity contribution >= 4 is 5.78 Å². The van der Waals surface area contributed by atoms with Crippen LogP contribution in [-0.2, 0) is 6.42 Å². The minimum Gasteiger partial charge on any atom is -0.490 e. The van der Waals surface area contributed by atoms with Crippen LogP contribution < -0.4 is 4.74 Å². The van der Waals surface area contributed by atoms with Crippen molar-refractivity contribution in [2.24, 2.45) is 5.92 Å². The molecule has 1 aliphatic carbocycles. The van der Waals surface area contributed by atoms with Crippen LogP contribution in [0.1, 0.15) is 61.4 Å². The topological polar surface area (TPSA) is 26.3 Å². The Morgan fingerprint density at radius 1 is 1.26 bits per heavy atom. The highest BCUT2D eigenvalue weighted by Gasteiger charge is 2.22. The summed E-state index contributed by atoms with van der Waals surface area (Å²) in [5.74, 6) is 1.89. The Balaban J connectivity index is 1.68. The number of carbonyl (C=O) groups is 1. The van der Waals surface area contributed by atoms with Gasteiger partial charge in [-0.05, 0) is 36.6 Å². The van der Waals surface area contributed by atoms with E-state index in [9.17, 15) is 4.79 Å². The van der Waals surface area contributed by atoms with Gasteiger partial charge < -0.3 is 4.74 Å². The zero-order valence-corrected chi connectivity index (χ0v) is 11.7. The predicted molar refractivity (Wildman–Crippen MR) is 75.8 cm³/mol. The van der Waals surface area contributed by atoms with Gasteiger partial charge in [0, 0.05) is 18.4 Å². The van der Waals surface area contributed by atoms with Gasteiger partial charge in [-0.2, -0.15) is 0 Å². The fraction of sp³-hybridized carbons (Fsp3) is 0.588. The lowest BCUT2D eigenvalue weighted by Crippen LogP contribution is -2.12. The highest BCUT2D eigenvalue weighted by Crippen LogP contribution is 2.31. The molecule has 2 aliphatic rings. The summed E-state index contributed by atoms with van der Waals surface area (Å²) >= 11 is 0. The lowest BCUT2D eigenvalue weighted by Gasteiger charge is -2.20. The van der Waals surface area contributed by atoms with Crippen LogP contribution in [0.2, 0.25) is 0 Å². The molecule has 0 spiro atoms. The van der Waals surface area contributed by atoms with Crippen LogP contribution in [0.4, 0.5) is 0 Å². The number of Topliss-reactive ketones (excluding diaryl/α,β-unsaturated/α-hetero) is 1. The molecule has 0 aromatic heterocycles. The van der Waals surface area contributed by atoms with Crippen LogP contribution in [0.15, 0.2) is 18.2 Å². The number of hydrogen-bond acceptors (Lipinski definition) is 2. The molecule has 0 bridgehead atoms. The van der Waals surface area contributed by atoms with Gasteiger partial charge in [0.25, 0.3) is 0 Å². The standard InChI is InChI=1S/C17H22O2/c1-12-9-15-11-14(7-8-17(15)19-12)16(18)10-13-5-3-2-4-6-13/h7-8,11-13H,2-6,9-10H2,1H3. The summed E-state index contributed by atoms with van der Waals surface area (Å²) < 4.78 is 5.68. The van der Waals surface area contributed by atoms with Crippen molar-refractivity contribution in [3.63, 3.8) is 0 Å². The Morgan fingerprint density at radius 2 is 2.05 bits per heavy atom. The minimum atomic E-state index is 0.249. The van der Waals surface area contributed by atoms with E-state index in [0.29, 0.717) is 11.7 Å². The number of hydrogen-bond donors (Lipinski definition) is 0. The summed E-state index contributed by atoms with van der Waals surface area (Å²) in [5.41, 5.74) is 2.07. The highest BCUT2D eigenvalue weighted by atomic mass is 16.5. The maximum Gasteiger partial charge on any atom is 0.163 e. The van der Waals surface area contributed by atoms with E-state index in [-0.39, 0.29) is 6.10 Å². The minimum absolute atomic E-state index is 0.249. The van der Waals surface area contributed by atoms with Crippen molar-refractivity contribution < 1.29 is 9.53 Å². The molecule has 0 amide bonds. The van der Waals surface area contributed by atoms with Crippen LogP contribution in [0.3, 0.4) is 0 Å². The second-order valence-corrected chi connectivity index (χ2v) is 6.09. The van der Waals surface area contributed by atoms with E-state index < -0.39 is 0 Å². The van der Waals surface area contributed by atoms with E-state index >= 15 is 0 Å². The van der Waals surface area contributed by atoms with Gasteiger partial charge in [-0.3, -0.25) is 4.79 Å². The van der Waals surface area contributed by atoms with Gasteiger partial charge in [0.1, 0.15) is 11.9 Å². The molecule has 0 N–H and O–H groups in total. The molecule has 1 atom stereocenters. The average Bonchev–Trinajstić information content (AvgIpc) is 2.78. The number of fused-ring (bicyclic) bond motifs is 1. The van der Waals surface area contributed by atoms with Gasteiger partial charge in [0.15, 0.2) is 5.78 Å². The largest absolute Gasteiger partial charge is 0.490 e. The van der Waals surface area contributed by atoms with Gasteiger partial charge >= 0.3 is 0 Å². The molecule has 2 nitrogen and oxygen atoms in total. The molecule has 2 heteroatoms. The molecular weight excluding hydrogens is 236 g/mol. The fourth-order valence-corrected chi connectivity index (χ4v) is 3.37. The summed E-state index contributed by atoms with van der Waals surface area (Å²) in [6.07, 6.45) is 8.32. The number of carbonyl (C=O) groups excluding carboxylic acids is 1. The molecule has 19 heavy (non-hydrogen) atoms. The van der Waals surface area contributed by atoms with Crippen molar-refractivity contribution in [2.75, 3.05) is 0 Å². The molecule has 3 rings (SSSR count). The van der Waals surface area contributed by atoms with Crippen LogP contribution >= 0.6 is 0 Å². The number of benzene rings is 1. The number of rotatable bonds is 3. The van der Waals surface area contributed by atoms with Crippen molar-refractivity contribution in [1.29, 1.82) is 0 Å². The number of ether oxygens (including phenoxy) is 1. The molecule has 1 heterocycles. The third kappa shape index (κ3) is 2.83. The summed E-state index contributed by atoms with van der Waals surface area (Å²) in [4.78, 5) is 12.4. The first-order valence-corrected chi connectivity index (χ1v) is 7.55. The van der Waals surface area contributed by atoms with Gasteiger partial charge in [-0.15, -0.1) is 0 Å². The summed E-state index contributed by atoms with van der Waals surface area (Å²) in [7, 11) is 0. The Hall–Kier alpha value is -1.31. The molecule has 1 aromatic carbocycles. The monoisotopic (exact) mass is 258 g/mol. The lowest BCUT2D eigenvalue weighted by molar-refractivity contribution is 0.0950. The first-order chi connectivity index (χ1) is 9.22. The third-order valence-corrected chi connectivity index (χ3v) is 4.42. The fourth-order valence-electron chi connectivity index (χ4n) is 3.37. The van der Waals surface area contributed by atoms with Crippen molar-refractivity contribution in [1.82, 2.24) is 0 Å². The Morgan fingerprint density at radius 3 is 2.84 bits per heavy atom. The van der Waals surface area contributed by atoms with E-state index in [4.69, 9.17) is 4.74 Å². The highest BCUT2D eigenvalue weighted by molar-refractivity contribution is 5.96. The molecule has 102 valence electrons. The second-order valence-electron chi connectivity index (χ2n) is 6.09. The van der Waals surface area contributed by atoms with Crippen molar-refractivity contribution in [3.05, 3.63) is 29.3 Å². The van der Waals surface area contributed by atoms with Crippen LogP contribution in [0, 0.1) is 5.92 Å². The summed E-state index contributed by atoms with van der Waals surface area (Å²) in [6, 6.07) is 5.94. The first-order valence-electron chi connectivity index (χ1n) is 7.55. The molecule has 1 saturated carbocycles. The van der Waals surface area contributed by atoms with Crippen LogP contribution in [-0.4, -0.2) is 11.9 Å². The van der Waals surface area contributed by atoms with Gasteiger partial charge in [0.05, 0.1) is 0 Å². The average molecular weight is 258 g/mol. The molecule has 1 aromatic rings. The Bertz CT molecular complexity index is 472. The van der Waals surface area contributed by atoms with Gasteiger partial charge in [-0.1, -0.05) is 32.1 Å². The third-order valence-electron chi connectivity index (χ3n) is 4.42. The van der Waals surface area contributed by atoms with Crippen molar-refractivity contribution in [2.45, 2.75) is 58.0 Å². The zero-order chi connectivity index (χ0) is 13.2. The van der Waals surface area contributed by atoms with E-state index in [1.807, 2.05) is 18.2 Å². The summed E-state index contributed by atoms with van der Waals surface area (Å²) in [6.45, 7) is 2.07. The van der Waals surface area contributed by atoms with E-state index in [1.54, 1.807) is 0 Å². The SMILES string of the molecule is CC1Cc2cc(C(=O)CC3CCCCC3)ccc2O1. The van der Waals surface area contributed by atoms with Crippen LogP contribution in [0.5, 0.6) is 5.75 Å². The molecule has 1 aliphatic heterocycles. The molecular formula is C17H22O2. The maximum atomic E-state index is 12.4. The predicted octanol–water partition coefficient (Wildman–Crippen LogP) is 4.16. The van der Waals surface area contributed by atoms with Gasteiger partial charge in [-0.25, -0.2) is 0 Å². The molecule has 1 unspecified atom stereocenters. The van der Waals surface area contributed by atoms with Crippen LogP contribution in [0.25, 0.3) is 0 Å². The number of ketones is 1. The maximum absolute atomic E-state index is 12.4. The molecule has 1 fully saturated rings. The summed E-state index contributed by atoms with van der Waals surface area (Å²) in [5, 5.41) is 0. The quantitative estimate of drug-likeness (QED) is 0.761. The van der Waals surface area contributed by atoms with E-state index in [1.165, 1.54) is 37.7 Å². The normalized spacial score (nSPS) is 22.9. The van der Waals surface area contributed by atoms with Crippen molar-refractivity contribution in [3.8, 4) is 5.75 Å². The van der Waals surface area contributed by atoms with E-state index in [0.717, 1.165) is 24.2 Å². The Kier molecular flexibility index (Phi) is 3.58.